The quantitative estimate of drug-likeness (QED) is 0.666. The molecular formula is C23H30FN3O3S. The third-order valence-corrected chi connectivity index (χ3v) is 7.49. The van der Waals surface area contributed by atoms with Crippen molar-refractivity contribution in [3.63, 3.8) is 0 Å². The minimum absolute atomic E-state index is 0.0227. The van der Waals surface area contributed by atoms with Gasteiger partial charge in [-0.3, -0.25) is 9.10 Å². The average molecular weight is 448 g/mol. The number of benzene rings is 2. The number of nitrogens with one attached hydrogen (secondary N) is 1. The fourth-order valence-corrected chi connectivity index (χ4v) is 4.90. The molecule has 0 aliphatic heterocycles. The van der Waals surface area contributed by atoms with E-state index in [-0.39, 0.29) is 18.1 Å². The van der Waals surface area contributed by atoms with Crippen LogP contribution in [-0.4, -0.2) is 39.3 Å². The molecule has 1 N–H and O–H groups in total. The van der Waals surface area contributed by atoms with Crippen molar-refractivity contribution in [1.29, 1.82) is 0 Å². The Kier molecular flexibility index (Phi) is 7.67. The van der Waals surface area contributed by atoms with Crippen molar-refractivity contribution in [3.05, 3.63) is 65.5 Å². The van der Waals surface area contributed by atoms with Crippen LogP contribution in [0.5, 0.6) is 0 Å². The van der Waals surface area contributed by atoms with Gasteiger partial charge in [0.15, 0.2) is 0 Å². The fraction of sp³-hybridized carbons (Fsp3) is 0.435. The number of carbonyl (C=O) groups is 1. The number of hydrogen-bond acceptors (Lipinski definition) is 3. The van der Waals surface area contributed by atoms with Gasteiger partial charge in [0.2, 0.25) is 0 Å². The van der Waals surface area contributed by atoms with E-state index in [1.165, 1.54) is 51.6 Å². The Bertz CT molecular complexity index is 987. The van der Waals surface area contributed by atoms with Gasteiger partial charge in [-0.2, -0.15) is 12.7 Å². The van der Waals surface area contributed by atoms with Crippen molar-refractivity contribution in [2.45, 2.75) is 38.6 Å². The highest BCUT2D eigenvalue weighted by Gasteiger charge is 2.27. The molecule has 1 aliphatic rings. The SMILES string of the molecule is CN(C)S(=O)(=O)N(Cc1ccc(C(=O)NCC2CCCCC2)cc1)c1ccccc1F. The second kappa shape index (κ2) is 10.2. The van der Waals surface area contributed by atoms with Crippen molar-refractivity contribution in [3.8, 4) is 0 Å². The van der Waals surface area contributed by atoms with E-state index in [0.29, 0.717) is 23.6 Å². The molecule has 2 aromatic rings. The molecule has 0 radical (unpaired) electrons. The molecule has 0 unspecified atom stereocenters. The number of para-hydroxylation sites is 1. The largest absolute Gasteiger partial charge is 0.352 e. The van der Waals surface area contributed by atoms with E-state index in [2.05, 4.69) is 5.32 Å². The summed E-state index contributed by atoms with van der Waals surface area (Å²) in [5.74, 6) is -0.210. The van der Waals surface area contributed by atoms with Crippen LogP contribution in [0, 0.1) is 11.7 Å². The van der Waals surface area contributed by atoms with Gasteiger partial charge >= 0.3 is 10.2 Å². The van der Waals surface area contributed by atoms with Gasteiger partial charge < -0.3 is 5.32 Å². The molecule has 0 heterocycles. The van der Waals surface area contributed by atoms with Gasteiger partial charge in [-0.15, -0.1) is 0 Å². The maximum atomic E-state index is 14.4. The Labute approximate surface area is 184 Å². The van der Waals surface area contributed by atoms with Gasteiger partial charge in [-0.1, -0.05) is 43.5 Å². The predicted octanol–water partition coefficient (Wildman–Crippen LogP) is 3.95. The molecule has 3 rings (SSSR count). The lowest BCUT2D eigenvalue weighted by atomic mass is 9.89. The number of anilines is 1. The molecule has 0 spiro atoms. The Morgan fingerprint density at radius 2 is 1.68 bits per heavy atom. The van der Waals surface area contributed by atoms with Crippen molar-refractivity contribution in [2.75, 3.05) is 24.9 Å². The Hall–Kier alpha value is -2.45. The smallest absolute Gasteiger partial charge is 0.303 e. The lowest BCUT2D eigenvalue weighted by Crippen LogP contribution is -2.40. The molecule has 2 aromatic carbocycles. The van der Waals surface area contributed by atoms with Gasteiger partial charge in [0, 0.05) is 26.2 Å². The van der Waals surface area contributed by atoms with Crippen LogP contribution in [-0.2, 0) is 16.8 Å². The minimum atomic E-state index is -3.91. The second-order valence-corrected chi connectivity index (χ2v) is 10.2. The van der Waals surface area contributed by atoms with E-state index in [1.54, 1.807) is 30.3 Å². The second-order valence-electron chi connectivity index (χ2n) is 8.16. The number of amides is 1. The number of halogens is 1. The van der Waals surface area contributed by atoms with Gasteiger partial charge in [0.1, 0.15) is 5.82 Å². The third-order valence-electron chi connectivity index (χ3n) is 5.68. The lowest BCUT2D eigenvalue weighted by Gasteiger charge is -2.27. The van der Waals surface area contributed by atoms with Crippen LogP contribution in [0.15, 0.2) is 48.5 Å². The molecule has 0 saturated heterocycles. The van der Waals surface area contributed by atoms with Crippen molar-refractivity contribution in [1.82, 2.24) is 9.62 Å². The monoisotopic (exact) mass is 447 g/mol. The van der Waals surface area contributed by atoms with Crippen molar-refractivity contribution < 1.29 is 17.6 Å². The summed E-state index contributed by atoms with van der Waals surface area (Å²) in [7, 11) is -1.10. The maximum Gasteiger partial charge on any atom is 0.303 e. The normalized spacial score (nSPS) is 15.1. The van der Waals surface area contributed by atoms with Gasteiger partial charge in [0.05, 0.1) is 12.2 Å². The summed E-state index contributed by atoms with van der Waals surface area (Å²) in [4.78, 5) is 12.5. The number of nitrogens with zero attached hydrogens (tertiary/aromatic N) is 2. The first-order chi connectivity index (χ1) is 14.8. The number of carbonyl (C=O) groups excluding carboxylic acids is 1. The van der Waals surface area contributed by atoms with E-state index in [1.807, 2.05) is 0 Å². The van der Waals surface area contributed by atoms with E-state index in [9.17, 15) is 17.6 Å². The minimum Gasteiger partial charge on any atom is -0.352 e. The molecule has 0 bridgehead atoms. The first kappa shape index (κ1) is 23.2. The molecular weight excluding hydrogens is 417 g/mol. The first-order valence-electron chi connectivity index (χ1n) is 10.6. The van der Waals surface area contributed by atoms with Crippen molar-refractivity contribution in [2.24, 2.45) is 5.92 Å². The molecule has 6 nitrogen and oxygen atoms in total. The zero-order valence-corrected chi connectivity index (χ0v) is 18.9. The number of rotatable bonds is 8. The van der Waals surface area contributed by atoms with Gasteiger partial charge in [-0.05, 0) is 48.6 Å². The standard InChI is InChI=1S/C23H30FN3O3S/c1-26(2)31(29,30)27(22-11-7-6-10-21(22)24)17-19-12-14-20(15-13-19)23(28)25-16-18-8-4-3-5-9-18/h6-7,10-15,18H,3-5,8-9,16-17H2,1-2H3,(H,25,28). The van der Waals surface area contributed by atoms with Gasteiger partial charge in [-0.25, -0.2) is 4.39 Å². The lowest BCUT2D eigenvalue weighted by molar-refractivity contribution is 0.0943. The summed E-state index contributed by atoms with van der Waals surface area (Å²) in [6.07, 6.45) is 6.05. The fourth-order valence-electron chi connectivity index (χ4n) is 3.80. The molecule has 8 heteroatoms. The highest BCUT2D eigenvalue weighted by molar-refractivity contribution is 7.90. The predicted molar refractivity (Wildman–Crippen MR) is 121 cm³/mol. The van der Waals surface area contributed by atoms with Crippen LogP contribution in [0.2, 0.25) is 0 Å². The Balaban J connectivity index is 1.72. The molecule has 1 aliphatic carbocycles. The van der Waals surface area contributed by atoms with E-state index in [0.717, 1.165) is 21.5 Å². The van der Waals surface area contributed by atoms with Crippen LogP contribution in [0.25, 0.3) is 0 Å². The topological polar surface area (TPSA) is 69.7 Å². The van der Waals surface area contributed by atoms with Crippen LogP contribution >= 0.6 is 0 Å². The zero-order valence-electron chi connectivity index (χ0n) is 18.1. The molecule has 31 heavy (non-hydrogen) atoms. The zero-order chi connectivity index (χ0) is 22.4. The highest BCUT2D eigenvalue weighted by Crippen LogP contribution is 2.26. The molecule has 168 valence electrons. The van der Waals surface area contributed by atoms with Crippen LogP contribution in [0.1, 0.15) is 48.0 Å². The highest BCUT2D eigenvalue weighted by atomic mass is 32.2. The van der Waals surface area contributed by atoms with Crippen molar-refractivity contribution >= 4 is 21.8 Å². The molecule has 0 aromatic heterocycles. The molecule has 1 amide bonds. The summed E-state index contributed by atoms with van der Waals surface area (Å²) < 4.78 is 42.1. The molecule has 1 saturated carbocycles. The Morgan fingerprint density at radius 3 is 2.29 bits per heavy atom. The van der Waals surface area contributed by atoms with Gasteiger partial charge in [0.25, 0.3) is 5.91 Å². The number of hydrogen-bond donors (Lipinski definition) is 1. The third kappa shape index (κ3) is 5.83. The summed E-state index contributed by atoms with van der Waals surface area (Å²) >= 11 is 0. The Morgan fingerprint density at radius 1 is 1.03 bits per heavy atom. The maximum absolute atomic E-state index is 14.4. The van der Waals surface area contributed by atoms with Crippen LogP contribution in [0.4, 0.5) is 10.1 Å². The summed E-state index contributed by atoms with van der Waals surface area (Å²) in [5, 5.41) is 3.00. The van der Waals surface area contributed by atoms with E-state index in [4.69, 9.17) is 0 Å². The summed E-state index contributed by atoms with van der Waals surface area (Å²) in [5.41, 5.74) is 1.15. The van der Waals surface area contributed by atoms with Crippen LogP contribution in [0.3, 0.4) is 0 Å². The average Bonchev–Trinajstić information content (AvgIpc) is 2.77. The summed E-state index contributed by atoms with van der Waals surface area (Å²) in [6.45, 7) is 0.633. The molecule has 0 atom stereocenters. The summed E-state index contributed by atoms with van der Waals surface area (Å²) in [6, 6.07) is 12.5. The van der Waals surface area contributed by atoms with E-state index < -0.39 is 16.0 Å². The van der Waals surface area contributed by atoms with E-state index >= 15 is 0 Å². The van der Waals surface area contributed by atoms with Crippen LogP contribution < -0.4 is 9.62 Å². The molecule has 1 fully saturated rings. The first-order valence-corrected chi connectivity index (χ1v) is 12.0.